The summed E-state index contributed by atoms with van der Waals surface area (Å²) in [5, 5.41) is 0. The molecule has 0 aromatic heterocycles. The SMILES string of the molecule is O=C1/C(=C/c2cc(Br)ccc2OCc2ccccc2)SC(=S)N1C[C@H]1CCCO1. The molecule has 150 valence electrons. The fourth-order valence-electron chi connectivity index (χ4n) is 3.29. The van der Waals surface area contributed by atoms with Gasteiger partial charge in [0.25, 0.3) is 5.91 Å². The van der Waals surface area contributed by atoms with Gasteiger partial charge in [-0.2, -0.15) is 0 Å². The molecule has 7 heteroatoms. The van der Waals surface area contributed by atoms with E-state index in [-0.39, 0.29) is 12.0 Å². The topological polar surface area (TPSA) is 38.8 Å². The van der Waals surface area contributed by atoms with Gasteiger partial charge in [0.05, 0.1) is 17.6 Å². The van der Waals surface area contributed by atoms with Gasteiger partial charge in [0.1, 0.15) is 16.7 Å². The maximum Gasteiger partial charge on any atom is 0.266 e. The molecule has 2 aliphatic heterocycles. The summed E-state index contributed by atoms with van der Waals surface area (Å²) in [6.07, 6.45) is 3.95. The maximum atomic E-state index is 12.9. The van der Waals surface area contributed by atoms with E-state index in [4.69, 9.17) is 21.7 Å². The summed E-state index contributed by atoms with van der Waals surface area (Å²) in [4.78, 5) is 15.2. The molecule has 0 N–H and O–H groups in total. The molecule has 4 nitrogen and oxygen atoms in total. The summed E-state index contributed by atoms with van der Waals surface area (Å²) in [5.74, 6) is 0.658. The molecule has 0 spiro atoms. The van der Waals surface area contributed by atoms with Crippen molar-refractivity contribution in [1.82, 2.24) is 4.90 Å². The lowest BCUT2D eigenvalue weighted by Gasteiger charge is -2.18. The van der Waals surface area contributed by atoms with Crippen molar-refractivity contribution < 1.29 is 14.3 Å². The first-order chi connectivity index (χ1) is 14.1. The Hall–Kier alpha value is -1.67. The molecular formula is C22H20BrNO3S2. The van der Waals surface area contributed by atoms with Crippen LogP contribution in [0, 0.1) is 0 Å². The number of nitrogens with zero attached hydrogens (tertiary/aromatic N) is 1. The lowest BCUT2D eigenvalue weighted by Crippen LogP contribution is -2.35. The van der Waals surface area contributed by atoms with Crippen LogP contribution >= 0.6 is 39.9 Å². The minimum atomic E-state index is -0.0653. The van der Waals surface area contributed by atoms with Crippen molar-refractivity contribution in [3.63, 3.8) is 0 Å². The Labute approximate surface area is 188 Å². The Morgan fingerprint density at radius 1 is 1.28 bits per heavy atom. The average Bonchev–Trinajstić information content (AvgIpc) is 3.32. The molecule has 0 radical (unpaired) electrons. The predicted molar refractivity (Wildman–Crippen MR) is 124 cm³/mol. The van der Waals surface area contributed by atoms with E-state index in [1.54, 1.807) is 4.90 Å². The smallest absolute Gasteiger partial charge is 0.266 e. The molecule has 2 aromatic rings. The lowest BCUT2D eigenvalue weighted by molar-refractivity contribution is -0.123. The van der Waals surface area contributed by atoms with Gasteiger partial charge in [-0.15, -0.1) is 0 Å². The van der Waals surface area contributed by atoms with Gasteiger partial charge in [0, 0.05) is 16.6 Å². The van der Waals surface area contributed by atoms with Crippen LogP contribution in [-0.4, -0.2) is 34.4 Å². The van der Waals surface area contributed by atoms with Gasteiger partial charge < -0.3 is 9.47 Å². The number of hydrogen-bond donors (Lipinski definition) is 0. The number of carbonyl (C=O) groups excluding carboxylic acids is 1. The predicted octanol–water partition coefficient (Wildman–Crippen LogP) is 5.41. The van der Waals surface area contributed by atoms with Crippen LogP contribution in [0.3, 0.4) is 0 Å². The number of thiocarbonyl (C=S) groups is 1. The van der Waals surface area contributed by atoms with Crippen molar-refractivity contribution >= 4 is 56.2 Å². The molecule has 2 heterocycles. The van der Waals surface area contributed by atoms with E-state index in [0.717, 1.165) is 40.8 Å². The molecule has 1 amide bonds. The first-order valence-corrected chi connectivity index (χ1v) is 11.4. The maximum absolute atomic E-state index is 12.9. The van der Waals surface area contributed by atoms with Crippen LogP contribution in [0.15, 0.2) is 57.9 Å². The number of rotatable bonds is 6. The highest BCUT2D eigenvalue weighted by molar-refractivity contribution is 9.10. The highest BCUT2D eigenvalue weighted by Gasteiger charge is 2.34. The largest absolute Gasteiger partial charge is 0.488 e. The molecule has 0 saturated carbocycles. The summed E-state index contributed by atoms with van der Waals surface area (Å²) in [5.41, 5.74) is 1.93. The van der Waals surface area contributed by atoms with E-state index in [2.05, 4.69) is 15.9 Å². The van der Waals surface area contributed by atoms with Crippen LogP contribution in [0.2, 0.25) is 0 Å². The Kier molecular flexibility index (Phi) is 6.70. The number of halogens is 1. The summed E-state index contributed by atoms with van der Waals surface area (Å²) < 4.78 is 13.2. The van der Waals surface area contributed by atoms with E-state index < -0.39 is 0 Å². The van der Waals surface area contributed by atoms with Crippen molar-refractivity contribution in [2.75, 3.05) is 13.2 Å². The second kappa shape index (κ2) is 9.43. The second-order valence-electron chi connectivity index (χ2n) is 6.88. The molecule has 1 atom stereocenters. The van der Waals surface area contributed by atoms with Gasteiger partial charge in [-0.1, -0.05) is 70.2 Å². The van der Waals surface area contributed by atoms with E-state index in [1.165, 1.54) is 11.8 Å². The summed E-state index contributed by atoms with van der Waals surface area (Å²) in [7, 11) is 0. The monoisotopic (exact) mass is 489 g/mol. The number of amides is 1. The molecule has 2 aromatic carbocycles. The number of hydrogen-bond acceptors (Lipinski definition) is 5. The van der Waals surface area contributed by atoms with Gasteiger partial charge in [0.15, 0.2) is 0 Å². The highest BCUT2D eigenvalue weighted by Crippen LogP contribution is 2.36. The Balaban J connectivity index is 1.53. The Bertz CT molecular complexity index is 942. The van der Waals surface area contributed by atoms with E-state index in [1.807, 2.05) is 54.6 Å². The first-order valence-electron chi connectivity index (χ1n) is 9.43. The minimum Gasteiger partial charge on any atom is -0.488 e. The number of thioether (sulfide) groups is 1. The van der Waals surface area contributed by atoms with E-state index in [9.17, 15) is 4.79 Å². The standard InChI is InChI=1S/C22H20BrNO3S2/c23-17-8-9-19(27-14-15-5-2-1-3-6-15)16(11-17)12-20-21(25)24(22(28)29-20)13-18-7-4-10-26-18/h1-3,5-6,8-9,11-12,18H,4,7,10,13-14H2/b20-12-/t18-/m1/s1. The summed E-state index contributed by atoms with van der Waals surface area (Å²) in [6, 6.07) is 15.8. The Morgan fingerprint density at radius 3 is 2.86 bits per heavy atom. The average molecular weight is 490 g/mol. The second-order valence-corrected chi connectivity index (χ2v) is 9.48. The zero-order valence-corrected chi connectivity index (χ0v) is 18.9. The number of benzene rings is 2. The third-order valence-electron chi connectivity index (χ3n) is 4.78. The molecule has 0 bridgehead atoms. The molecule has 0 unspecified atom stereocenters. The van der Waals surface area contributed by atoms with E-state index in [0.29, 0.717) is 22.4 Å². The molecular weight excluding hydrogens is 470 g/mol. The highest BCUT2D eigenvalue weighted by atomic mass is 79.9. The zero-order valence-electron chi connectivity index (χ0n) is 15.7. The summed E-state index contributed by atoms with van der Waals surface area (Å²) in [6.45, 7) is 1.75. The van der Waals surface area contributed by atoms with Crippen LogP contribution in [0.1, 0.15) is 24.0 Å². The van der Waals surface area contributed by atoms with Crippen LogP contribution in [-0.2, 0) is 16.1 Å². The van der Waals surface area contributed by atoms with E-state index >= 15 is 0 Å². The minimum absolute atomic E-state index is 0.0653. The normalized spacial score (nSPS) is 20.7. The third-order valence-corrected chi connectivity index (χ3v) is 6.65. The lowest BCUT2D eigenvalue weighted by atomic mass is 10.1. The van der Waals surface area contributed by atoms with Crippen LogP contribution in [0.5, 0.6) is 5.75 Å². The Morgan fingerprint density at radius 2 is 2.10 bits per heavy atom. The van der Waals surface area contributed by atoms with Crippen LogP contribution in [0.4, 0.5) is 0 Å². The van der Waals surface area contributed by atoms with Crippen molar-refractivity contribution in [3.05, 3.63) is 69.0 Å². The molecule has 29 heavy (non-hydrogen) atoms. The molecule has 2 aliphatic rings. The fraction of sp³-hybridized carbons (Fsp3) is 0.273. The van der Waals surface area contributed by atoms with Crippen molar-refractivity contribution in [3.8, 4) is 5.75 Å². The van der Waals surface area contributed by atoms with Crippen molar-refractivity contribution in [2.45, 2.75) is 25.6 Å². The van der Waals surface area contributed by atoms with Gasteiger partial charge in [-0.25, -0.2) is 0 Å². The number of ether oxygens (including phenoxy) is 2. The van der Waals surface area contributed by atoms with Gasteiger partial charge in [-0.05, 0) is 42.7 Å². The van der Waals surface area contributed by atoms with Crippen LogP contribution < -0.4 is 4.74 Å². The van der Waals surface area contributed by atoms with Crippen molar-refractivity contribution in [2.24, 2.45) is 0 Å². The fourth-order valence-corrected chi connectivity index (χ4v) is 4.93. The third kappa shape index (κ3) is 5.09. The van der Waals surface area contributed by atoms with Gasteiger partial charge in [-0.3, -0.25) is 9.69 Å². The van der Waals surface area contributed by atoms with Gasteiger partial charge >= 0.3 is 0 Å². The molecule has 2 saturated heterocycles. The molecule has 0 aliphatic carbocycles. The zero-order chi connectivity index (χ0) is 20.2. The van der Waals surface area contributed by atoms with Crippen molar-refractivity contribution in [1.29, 1.82) is 0 Å². The molecule has 4 rings (SSSR count). The van der Waals surface area contributed by atoms with Gasteiger partial charge in [0.2, 0.25) is 0 Å². The summed E-state index contributed by atoms with van der Waals surface area (Å²) >= 11 is 10.3. The quantitative estimate of drug-likeness (QED) is 0.400. The first kappa shape index (κ1) is 20.6. The molecule has 2 fully saturated rings. The van der Waals surface area contributed by atoms with Crippen LogP contribution in [0.25, 0.3) is 6.08 Å². The number of carbonyl (C=O) groups is 1.